The summed E-state index contributed by atoms with van der Waals surface area (Å²) in [6.07, 6.45) is 3.89. The van der Waals surface area contributed by atoms with Crippen molar-refractivity contribution in [2.75, 3.05) is 7.05 Å². The molecule has 5 heteroatoms. The summed E-state index contributed by atoms with van der Waals surface area (Å²) >= 11 is 8.35. The van der Waals surface area contributed by atoms with Crippen LogP contribution in [0.25, 0.3) is 0 Å². The number of nitrogens with zero attached hydrogens (tertiary/aromatic N) is 2. The first kappa shape index (κ1) is 14.9. The van der Waals surface area contributed by atoms with Gasteiger partial charge >= 0.3 is 0 Å². The first-order valence-electron chi connectivity index (χ1n) is 7.37. The molecule has 1 aliphatic heterocycles. The van der Waals surface area contributed by atoms with Crippen LogP contribution < -0.4 is 5.32 Å². The first-order chi connectivity index (χ1) is 10.2. The Morgan fingerprint density at radius 1 is 1.48 bits per heavy atom. The van der Waals surface area contributed by atoms with Crippen LogP contribution in [0.2, 0.25) is 5.02 Å². The minimum Gasteiger partial charge on any atom is -0.311 e. The average Bonchev–Trinajstić information content (AvgIpc) is 3.06. The largest absolute Gasteiger partial charge is 0.311 e. The van der Waals surface area contributed by atoms with Crippen LogP contribution in [0.1, 0.15) is 30.6 Å². The van der Waals surface area contributed by atoms with Crippen molar-refractivity contribution >= 4 is 23.4 Å². The molecule has 0 radical (unpaired) electrons. The Hall–Kier alpha value is -0.970. The molecule has 21 heavy (non-hydrogen) atoms. The van der Waals surface area contributed by atoms with Crippen molar-refractivity contribution < 1.29 is 0 Å². The van der Waals surface area contributed by atoms with Crippen LogP contribution in [0.4, 0.5) is 0 Å². The van der Waals surface area contributed by atoms with E-state index in [-0.39, 0.29) is 6.04 Å². The number of halogens is 1. The maximum absolute atomic E-state index is 6.41. The highest BCUT2D eigenvalue weighted by molar-refractivity contribution is 8.00. The zero-order valence-electron chi connectivity index (χ0n) is 12.3. The second kappa shape index (κ2) is 6.42. The smallest absolute Gasteiger partial charge is 0.0834 e. The first-order valence-corrected chi connectivity index (χ1v) is 8.63. The van der Waals surface area contributed by atoms with Gasteiger partial charge in [-0.1, -0.05) is 36.7 Å². The Labute approximate surface area is 135 Å². The standard InChI is InChI=1S/C16H20ClN3S/c1-3-8-20-16(12(17)10-19-20)15(18-2)14-9-11-6-4-5-7-13(11)21-14/h4-7,10,14-15,18H,3,8-9H2,1-2H3. The number of rotatable bonds is 5. The summed E-state index contributed by atoms with van der Waals surface area (Å²) in [5, 5.41) is 9.10. The second-order valence-corrected chi connectivity index (χ2v) is 7.02. The summed E-state index contributed by atoms with van der Waals surface area (Å²) in [4.78, 5) is 1.39. The quantitative estimate of drug-likeness (QED) is 0.905. The van der Waals surface area contributed by atoms with E-state index in [4.69, 9.17) is 11.6 Å². The van der Waals surface area contributed by atoms with Gasteiger partial charge in [0.05, 0.1) is 23.0 Å². The minimum absolute atomic E-state index is 0.212. The lowest BCUT2D eigenvalue weighted by Crippen LogP contribution is -2.30. The van der Waals surface area contributed by atoms with Crippen molar-refractivity contribution in [1.82, 2.24) is 15.1 Å². The van der Waals surface area contributed by atoms with E-state index in [0.29, 0.717) is 5.25 Å². The third kappa shape index (κ3) is 2.85. The zero-order chi connectivity index (χ0) is 14.8. The molecule has 0 spiro atoms. The topological polar surface area (TPSA) is 29.9 Å². The molecule has 3 rings (SSSR count). The van der Waals surface area contributed by atoms with Crippen molar-refractivity contribution in [2.45, 2.75) is 42.5 Å². The average molecular weight is 322 g/mol. The van der Waals surface area contributed by atoms with E-state index in [1.807, 2.05) is 23.5 Å². The van der Waals surface area contributed by atoms with Crippen molar-refractivity contribution in [3.63, 3.8) is 0 Å². The summed E-state index contributed by atoms with van der Waals surface area (Å²) in [5.74, 6) is 0. The van der Waals surface area contributed by atoms with Gasteiger partial charge in [0, 0.05) is 16.7 Å². The lowest BCUT2D eigenvalue weighted by Gasteiger charge is -2.24. The molecule has 0 saturated carbocycles. The van der Waals surface area contributed by atoms with Gasteiger partial charge in [-0.25, -0.2) is 0 Å². The number of benzene rings is 1. The van der Waals surface area contributed by atoms with Crippen LogP contribution in [0.5, 0.6) is 0 Å². The van der Waals surface area contributed by atoms with Gasteiger partial charge in [0.15, 0.2) is 0 Å². The van der Waals surface area contributed by atoms with E-state index >= 15 is 0 Å². The number of hydrogen-bond acceptors (Lipinski definition) is 3. The highest BCUT2D eigenvalue weighted by Crippen LogP contribution is 2.43. The molecule has 0 fully saturated rings. The van der Waals surface area contributed by atoms with Crippen molar-refractivity contribution in [3.8, 4) is 0 Å². The normalized spacial score (nSPS) is 18.7. The predicted molar refractivity (Wildman–Crippen MR) is 89.1 cm³/mol. The minimum atomic E-state index is 0.212. The van der Waals surface area contributed by atoms with E-state index in [1.54, 1.807) is 6.20 Å². The number of nitrogens with one attached hydrogen (secondary N) is 1. The number of hydrogen-bond donors (Lipinski definition) is 1. The van der Waals surface area contributed by atoms with Gasteiger partial charge in [0.2, 0.25) is 0 Å². The number of thioether (sulfide) groups is 1. The highest BCUT2D eigenvalue weighted by Gasteiger charge is 2.32. The molecule has 2 atom stereocenters. The zero-order valence-corrected chi connectivity index (χ0v) is 13.9. The Balaban J connectivity index is 1.89. The fraction of sp³-hybridized carbons (Fsp3) is 0.438. The van der Waals surface area contributed by atoms with Crippen LogP contribution in [-0.4, -0.2) is 22.1 Å². The third-order valence-corrected chi connectivity index (χ3v) is 5.60. The molecule has 1 N–H and O–H groups in total. The maximum atomic E-state index is 6.41. The fourth-order valence-electron chi connectivity index (χ4n) is 2.96. The predicted octanol–water partition coefficient (Wildman–Crippen LogP) is 3.92. The molecule has 1 aliphatic rings. The molecule has 2 unspecified atom stereocenters. The van der Waals surface area contributed by atoms with Crippen molar-refractivity contribution in [3.05, 3.63) is 46.7 Å². The van der Waals surface area contributed by atoms with E-state index in [0.717, 1.165) is 30.1 Å². The number of fused-ring (bicyclic) bond motifs is 1. The highest BCUT2D eigenvalue weighted by atomic mass is 35.5. The molecule has 1 aromatic heterocycles. The molecular weight excluding hydrogens is 302 g/mol. The Bertz CT molecular complexity index is 601. The van der Waals surface area contributed by atoms with Gasteiger partial charge in [-0.3, -0.25) is 4.68 Å². The molecule has 0 saturated heterocycles. The summed E-state index contributed by atoms with van der Waals surface area (Å²) in [6.45, 7) is 3.07. The molecule has 2 aromatic rings. The van der Waals surface area contributed by atoms with Crippen molar-refractivity contribution in [1.29, 1.82) is 0 Å². The van der Waals surface area contributed by atoms with Gasteiger partial charge in [-0.05, 0) is 31.5 Å². The Morgan fingerprint density at radius 2 is 2.29 bits per heavy atom. The lowest BCUT2D eigenvalue weighted by atomic mass is 10.0. The van der Waals surface area contributed by atoms with Gasteiger partial charge in [0.1, 0.15) is 0 Å². The summed E-state index contributed by atoms with van der Waals surface area (Å²) in [7, 11) is 2.01. The van der Waals surface area contributed by atoms with Gasteiger partial charge < -0.3 is 5.32 Å². The molecule has 112 valence electrons. The van der Waals surface area contributed by atoms with E-state index in [2.05, 4.69) is 41.6 Å². The summed E-state index contributed by atoms with van der Waals surface area (Å²) < 4.78 is 2.05. The van der Waals surface area contributed by atoms with Crippen LogP contribution in [0, 0.1) is 0 Å². The van der Waals surface area contributed by atoms with Crippen molar-refractivity contribution in [2.24, 2.45) is 0 Å². The van der Waals surface area contributed by atoms with E-state index in [9.17, 15) is 0 Å². The molecule has 0 bridgehead atoms. The second-order valence-electron chi connectivity index (χ2n) is 5.34. The fourth-order valence-corrected chi connectivity index (χ4v) is 4.67. The molecule has 3 nitrogen and oxygen atoms in total. The van der Waals surface area contributed by atoms with Gasteiger partial charge in [-0.15, -0.1) is 11.8 Å². The summed E-state index contributed by atoms with van der Waals surface area (Å²) in [5.41, 5.74) is 2.55. The number of aryl methyl sites for hydroxylation is 1. The molecule has 0 aliphatic carbocycles. The molecule has 2 heterocycles. The Morgan fingerprint density at radius 3 is 3.00 bits per heavy atom. The molecular formula is C16H20ClN3S. The summed E-state index contributed by atoms with van der Waals surface area (Å²) in [6, 6.07) is 8.86. The van der Waals surface area contributed by atoms with Gasteiger partial charge in [0.25, 0.3) is 0 Å². The Kier molecular flexibility index (Phi) is 4.57. The maximum Gasteiger partial charge on any atom is 0.0834 e. The lowest BCUT2D eigenvalue weighted by molar-refractivity contribution is 0.487. The van der Waals surface area contributed by atoms with Crippen LogP contribution in [0.3, 0.4) is 0 Å². The SMILES string of the molecule is CCCn1ncc(Cl)c1C(NC)C1Cc2ccccc2S1. The van der Waals surface area contributed by atoms with Gasteiger partial charge in [-0.2, -0.15) is 5.10 Å². The van der Waals surface area contributed by atoms with E-state index in [1.165, 1.54) is 10.5 Å². The monoisotopic (exact) mass is 321 g/mol. The third-order valence-electron chi connectivity index (χ3n) is 3.92. The number of aromatic nitrogens is 2. The van der Waals surface area contributed by atoms with Crippen LogP contribution in [-0.2, 0) is 13.0 Å². The molecule has 1 aromatic carbocycles. The van der Waals surface area contributed by atoms with E-state index < -0.39 is 0 Å². The molecule has 0 amide bonds. The van der Waals surface area contributed by atoms with Crippen LogP contribution >= 0.6 is 23.4 Å². The van der Waals surface area contributed by atoms with Crippen LogP contribution in [0.15, 0.2) is 35.4 Å².